The van der Waals surface area contributed by atoms with E-state index in [1.807, 2.05) is 0 Å². The fraction of sp³-hybridized carbons (Fsp3) is 0.0714. The van der Waals surface area contributed by atoms with E-state index in [9.17, 15) is 13.2 Å². The van der Waals surface area contributed by atoms with E-state index in [0.29, 0.717) is 17.3 Å². The molecule has 0 fully saturated rings. The number of benzene rings is 2. The molecule has 6 heteroatoms. The molecule has 0 unspecified atom stereocenters. The minimum atomic E-state index is -1.23. The summed E-state index contributed by atoms with van der Waals surface area (Å²) >= 11 is 4.88. The van der Waals surface area contributed by atoms with E-state index in [0.717, 1.165) is 11.6 Å². The second-order valence-corrected chi connectivity index (χ2v) is 4.70. The molecule has 0 saturated carbocycles. The lowest BCUT2D eigenvalue weighted by molar-refractivity contribution is 0.496. The summed E-state index contributed by atoms with van der Waals surface area (Å²) in [6, 6.07) is 6.25. The molecule has 20 heavy (non-hydrogen) atoms. The Bertz CT molecular complexity index is 686. The van der Waals surface area contributed by atoms with Crippen LogP contribution in [0.15, 0.2) is 30.3 Å². The van der Waals surface area contributed by atoms with Crippen molar-refractivity contribution in [1.29, 1.82) is 0 Å². The molecule has 0 saturated heterocycles. The minimum Gasteiger partial charge on any atom is -0.389 e. The highest BCUT2D eigenvalue weighted by molar-refractivity contribution is 7.80. The molecule has 0 bridgehead atoms. The van der Waals surface area contributed by atoms with E-state index in [1.54, 1.807) is 25.1 Å². The molecular weight excluding hydrogens is 285 g/mol. The quantitative estimate of drug-likeness (QED) is 0.668. The fourth-order valence-electron chi connectivity index (χ4n) is 1.79. The lowest BCUT2D eigenvalue weighted by Crippen LogP contribution is -2.11. The van der Waals surface area contributed by atoms with Crippen molar-refractivity contribution in [2.45, 2.75) is 6.92 Å². The first-order valence-electron chi connectivity index (χ1n) is 5.70. The number of hydrogen-bond donors (Lipinski definition) is 2. The molecule has 0 aliphatic carbocycles. The highest BCUT2D eigenvalue weighted by Gasteiger charge is 2.10. The molecule has 2 aromatic rings. The molecule has 0 amide bonds. The fourth-order valence-corrected chi connectivity index (χ4v) is 2.02. The highest BCUT2D eigenvalue weighted by Crippen LogP contribution is 2.24. The second-order valence-electron chi connectivity index (χ2n) is 4.27. The standard InChI is InChI=1S/C14H11F3N2S/c1-7-4-8(2-3-9(7)14(18)20)19-13-6-11(16)10(15)5-12(13)17/h2-6,19H,1H3,(H2,18,20). The van der Waals surface area contributed by atoms with Crippen LogP contribution in [0.1, 0.15) is 11.1 Å². The van der Waals surface area contributed by atoms with Gasteiger partial charge in [0.25, 0.3) is 0 Å². The Morgan fingerprint density at radius 1 is 1.05 bits per heavy atom. The third kappa shape index (κ3) is 2.91. The molecule has 0 aliphatic heterocycles. The van der Waals surface area contributed by atoms with Crippen LogP contribution in [-0.2, 0) is 0 Å². The van der Waals surface area contributed by atoms with Crippen LogP contribution in [0.25, 0.3) is 0 Å². The maximum atomic E-state index is 13.5. The zero-order chi connectivity index (χ0) is 14.9. The number of nitrogens with two attached hydrogens (primary N) is 1. The van der Waals surface area contributed by atoms with Gasteiger partial charge in [-0.25, -0.2) is 13.2 Å². The van der Waals surface area contributed by atoms with Gasteiger partial charge in [-0.15, -0.1) is 0 Å². The topological polar surface area (TPSA) is 38.0 Å². The van der Waals surface area contributed by atoms with Crippen LogP contribution in [0.4, 0.5) is 24.5 Å². The van der Waals surface area contributed by atoms with E-state index >= 15 is 0 Å². The van der Waals surface area contributed by atoms with Crippen LogP contribution < -0.4 is 11.1 Å². The number of nitrogens with one attached hydrogen (secondary N) is 1. The smallest absolute Gasteiger partial charge is 0.161 e. The lowest BCUT2D eigenvalue weighted by atomic mass is 10.1. The normalized spacial score (nSPS) is 10.4. The first-order valence-corrected chi connectivity index (χ1v) is 6.11. The van der Waals surface area contributed by atoms with E-state index < -0.39 is 17.5 Å². The number of aryl methyl sites for hydroxylation is 1. The molecule has 0 atom stereocenters. The van der Waals surface area contributed by atoms with Crippen LogP contribution in [0, 0.1) is 24.4 Å². The van der Waals surface area contributed by atoms with Crippen LogP contribution in [-0.4, -0.2) is 4.99 Å². The van der Waals surface area contributed by atoms with Crippen molar-refractivity contribution < 1.29 is 13.2 Å². The summed E-state index contributed by atoms with van der Waals surface area (Å²) in [6.07, 6.45) is 0. The molecule has 0 radical (unpaired) electrons. The molecule has 3 N–H and O–H groups in total. The third-order valence-electron chi connectivity index (χ3n) is 2.78. The molecule has 0 spiro atoms. The van der Waals surface area contributed by atoms with Crippen LogP contribution >= 0.6 is 12.2 Å². The summed E-state index contributed by atoms with van der Waals surface area (Å²) in [4.78, 5) is 0.257. The van der Waals surface area contributed by atoms with Crippen LogP contribution in [0.2, 0.25) is 0 Å². The predicted molar refractivity (Wildman–Crippen MR) is 76.7 cm³/mol. The molecule has 2 nitrogen and oxygen atoms in total. The summed E-state index contributed by atoms with van der Waals surface area (Å²) in [5, 5.41) is 2.68. The Kier molecular flexibility index (Phi) is 3.94. The minimum absolute atomic E-state index is 0.147. The maximum absolute atomic E-state index is 13.5. The third-order valence-corrected chi connectivity index (χ3v) is 3.00. The average molecular weight is 296 g/mol. The summed E-state index contributed by atoms with van der Waals surface area (Å²) < 4.78 is 39.4. The Labute approximate surface area is 119 Å². The first-order chi connectivity index (χ1) is 9.38. The van der Waals surface area contributed by atoms with E-state index in [2.05, 4.69) is 5.32 Å². The summed E-state index contributed by atoms with van der Waals surface area (Å²) in [5.41, 5.74) is 7.41. The van der Waals surface area contributed by atoms with Gasteiger partial charge in [0.2, 0.25) is 0 Å². The van der Waals surface area contributed by atoms with Gasteiger partial charge in [0.1, 0.15) is 10.8 Å². The Balaban J connectivity index is 2.33. The molecule has 2 rings (SSSR count). The highest BCUT2D eigenvalue weighted by atomic mass is 32.1. The second kappa shape index (κ2) is 5.50. The zero-order valence-electron chi connectivity index (χ0n) is 10.5. The monoisotopic (exact) mass is 296 g/mol. The van der Waals surface area contributed by atoms with Gasteiger partial charge in [0.15, 0.2) is 11.6 Å². The number of halogens is 3. The van der Waals surface area contributed by atoms with Gasteiger partial charge >= 0.3 is 0 Å². The lowest BCUT2D eigenvalue weighted by Gasteiger charge is -2.11. The molecule has 0 heterocycles. The Morgan fingerprint density at radius 3 is 2.30 bits per heavy atom. The van der Waals surface area contributed by atoms with Gasteiger partial charge in [-0.05, 0) is 30.7 Å². The van der Waals surface area contributed by atoms with E-state index in [4.69, 9.17) is 18.0 Å². The summed E-state index contributed by atoms with van der Waals surface area (Å²) in [5.74, 6) is -3.22. The number of thiocarbonyl (C=S) groups is 1. The average Bonchev–Trinajstić information content (AvgIpc) is 2.35. The van der Waals surface area contributed by atoms with Gasteiger partial charge < -0.3 is 11.1 Å². The number of hydrogen-bond acceptors (Lipinski definition) is 2. The predicted octanol–water partition coefficient (Wildman–Crippen LogP) is 3.79. The van der Waals surface area contributed by atoms with Gasteiger partial charge in [-0.3, -0.25) is 0 Å². The molecule has 2 aromatic carbocycles. The van der Waals surface area contributed by atoms with Crippen molar-refractivity contribution in [3.8, 4) is 0 Å². The van der Waals surface area contributed by atoms with Crippen LogP contribution in [0.3, 0.4) is 0 Å². The Morgan fingerprint density at radius 2 is 1.70 bits per heavy atom. The molecule has 104 valence electrons. The van der Waals surface area contributed by atoms with Crippen molar-refractivity contribution >= 4 is 28.6 Å². The maximum Gasteiger partial charge on any atom is 0.161 e. The van der Waals surface area contributed by atoms with Crippen molar-refractivity contribution in [1.82, 2.24) is 0 Å². The van der Waals surface area contributed by atoms with Gasteiger partial charge in [0.05, 0.1) is 5.69 Å². The SMILES string of the molecule is Cc1cc(Nc2cc(F)c(F)cc2F)ccc1C(N)=S. The first kappa shape index (κ1) is 14.3. The summed E-state index contributed by atoms with van der Waals surface area (Å²) in [7, 11) is 0. The molecule has 0 aromatic heterocycles. The van der Waals surface area contributed by atoms with Crippen molar-refractivity contribution in [3.05, 3.63) is 58.9 Å². The zero-order valence-corrected chi connectivity index (χ0v) is 11.3. The molecule has 0 aliphatic rings. The largest absolute Gasteiger partial charge is 0.389 e. The molecular formula is C14H11F3N2S. The van der Waals surface area contributed by atoms with Gasteiger partial charge in [-0.1, -0.05) is 12.2 Å². The van der Waals surface area contributed by atoms with Gasteiger partial charge in [-0.2, -0.15) is 0 Å². The van der Waals surface area contributed by atoms with E-state index in [1.165, 1.54) is 0 Å². The van der Waals surface area contributed by atoms with Crippen molar-refractivity contribution in [2.24, 2.45) is 5.73 Å². The van der Waals surface area contributed by atoms with Crippen molar-refractivity contribution in [2.75, 3.05) is 5.32 Å². The summed E-state index contributed by atoms with van der Waals surface area (Å²) in [6.45, 7) is 1.79. The van der Waals surface area contributed by atoms with Crippen molar-refractivity contribution in [3.63, 3.8) is 0 Å². The Hall–Kier alpha value is -2.08. The van der Waals surface area contributed by atoms with Crippen LogP contribution in [0.5, 0.6) is 0 Å². The number of anilines is 2. The van der Waals surface area contributed by atoms with E-state index in [-0.39, 0.29) is 10.7 Å². The number of rotatable bonds is 3. The van der Waals surface area contributed by atoms with Gasteiger partial charge in [0, 0.05) is 23.4 Å².